The lowest BCUT2D eigenvalue weighted by Gasteiger charge is -2.30. The Morgan fingerprint density at radius 3 is 2.60 bits per heavy atom. The van der Waals surface area contributed by atoms with Gasteiger partial charge in [-0.3, -0.25) is 9.69 Å². The van der Waals surface area contributed by atoms with E-state index in [1.54, 1.807) is 4.90 Å². The highest BCUT2D eigenvalue weighted by Gasteiger charge is 2.28. The lowest BCUT2D eigenvalue weighted by Crippen LogP contribution is -2.35. The number of rotatable bonds is 3. The minimum atomic E-state index is -0.101. The second-order valence-corrected chi connectivity index (χ2v) is 4.39. The van der Waals surface area contributed by atoms with Crippen molar-refractivity contribution in [2.45, 2.75) is 6.92 Å². The van der Waals surface area contributed by atoms with E-state index >= 15 is 0 Å². The van der Waals surface area contributed by atoms with Gasteiger partial charge in [0.25, 0.3) is 5.91 Å². The summed E-state index contributed by atoms with van der Waals surface area (Å²) in [5, 5.41) is 0. The maximum Gasteiger partial charge on any atom is 0.269 e. The van der Waals surface area contributed by atoms with Crippen molar-refractivity contribution >= 4 is 17.3 Å². The summed E-state index contributed by atoms with van der Waals surface area (Å²) in [6, 6.07) is 15.0. The smallest absolute Gasteiger partial charge is 0.269 e. The predicted molar refractivity (Wildman–Crippen MR) is 76.7 cm³/mol. The molecule has 0 saturated heterocycles. The molecule has 0 aromatic heterocycles. The molecular weight excluding hydrogens is 254 g/mol. The second-order valence-electron chi connectivity index (χ2n) is 4.39. The molecule has 2 aromatic carbocycles. The molecule has 0 fully saturated rings. The van der Waals surface area contributed by atoms with Gasteiger partial charge in [-0.15, -0.1) is 0 Å². The Bertz CT molecular complexity index is 639. The number of nitrogens with zero attached hydrogens (tertiary/aromatic N) is 1. The standard InChI is InChI=1S/C16H15NO3/c1-2-19-14-9-5-3-7-12(14)17-13-8-4-6-10-15(13)20-11-16(17)18/h3-10H,2,11H2,1H3. The molecule has 0 N–H and O–H groups in total. The van der Waals surface area contributed by atoms with Crippen LogP contribution in [0.2, 0.25) is 0 Å². The molecule has 1 heterocycles. The zero-order chi connectivity index (χ0) is 13.9. The largest absolute Gasteiger partial charge is 0.492 e. The lowest BCUT2D eigenvalue weighted by molar-refractivity contribution is -0.120. The fraction of sp³-hybridized carbons (Fsp3) is 0.188. The van der Waals surface area contributed by atoms with Crippen LogP contribution >= 0.6 is 0 Å². The molecule has 0 bridgehead atoms. The van der Waals surface area contributed by atoms with Crippen molar-refractivity contribution in [3.63, 3.8) is 0 Å². The molecular formula is C16H15NO3. The van der Waals surface area contributed by atoms with Crippen molar-refractivity contribution in [2.24, 2.45) is 0 Å². The van der Waals surface area contributed by atoms with Crippen LogP contribution in [0, 0.1) is 0 Å². The zero-order valence-corrected chi connectivity index (χ0v) is 11.2. The molecule has 0 spiro atoms. The minimum absolute atomic E-state index is 0.0392. The number of hydrogen-bond donors (Lipinski definition) is 0. The first-order valence-corrected chi connectivity index (χ1v) is 6.58. The summed E-state index contributed by atoms with van der Waals surface area (Å²) in [6.45, 7) is 2.51. The van der Waals surface area contributed by atoms with Crippen molar-refractivity contribution in [1.82, 2.24) is 0 Å². The lowest BCUT2D eigenvalue weighted by atomic mass is 10.2. The van der Waals surface area contributed by atoms with Crippen LogP contribution in [0.25, 0.3) is 0 Å². The first kappa shape index (κ1) is 12.5. The number of para-hydroxylation sites is 4. The fourth-order valence-electron chi connectivity index (χ4n) is 2.29. The van der Waals surface area contributed by atoms with Gasteiger partial charge >= 0.3 is 0 Å². The summed E-state index contributed by atoms with van der Waals surface area (Å²) in [4.78, 5) is 13.9. The van der Waals surface area contributed by atoms with E-state index in [1.807, 2.05) is 55.5 Å². The van der Waals surface area contributed by atoms with E-state index in [4.69, 9.17) is 9.47 Å². The fourth-order valence-corrected chi connectivity index (χ4v) is 2.29. The Morgan fingerprint density at radius 2 is 1.80 bits per heavy atom. The Morgan fingerprint density at radius 1 is 1.10 bits per heavy atom. The van der Waals surface area contributed by atoms with Crippen LogP contribution in [0.3, 0.4) is 0 Å². The summed E-state index contributed by atoms with van der Waals surface area (Å²) in [6.07, 6.45) is 0. The molecule has 102 valence electrons. The van der Waals surface area contributed by atoms with Crippen LogP contribution in [0.5, 0.6) is 11.5 Å². The summed E-state index contributed by atoms with van der Waals surface area (Å²) < 4.78 is 11.1. The van der Waals surface area contributed by atoms with E-state index in [2.05, 4.69) is 0 Å². The third kappa shape index (κ3) is 2.09. The maximum absolute atomic E-state index is 12.3. The summed E-state index contributed by atoms with van der Waals surface area (Å²) in [5.41, 5.74) is 1.49. The molecule has 3 rings (SSSR count). The SMILES string of the molecule is CCOc1ccccc1N1C(=O)COc2ccccc21. The summed E-state index contributed by atoms with van der Waals surface area (Å²) in [7, 11) is 0. The number of fused-ring (bicyclic) bond motifs is 1. The number of carbonyl (C=O) groups excluding carboxylic acids is 1. The van der Waals surface area contributed by atoms with Gasteiger partial charge in [0.05, 0.1) is 18.0 Å². The Kier molecular flexibility index (Phi) is 3.29. The van der Waals surface area contributed by atoms with E-state index in [9.17, 15) is 4.79 Å². The topological polar surface area (TPSA) is 38.8 Å². The third-order valence-electron chi connectivity index (χ3n) is 3.11. The van der Waals surface area contributed by atoms with E-state index in [1.165, 1.54) is 0 Å². The van der Waals surface area contributed by atoms with Gasteiger partial charge in [0.2, 0.25) is 0 Å². The Labute approximate surface area is 117 Å². The van der Waals surface area contributed by atoms with E-state index < -0.39 is 0 Å². The van der Waals surface area contributed by atoms with Crippen LogP contribution in [0.1, 0.15) is 6.92 Å². The van der Waals surface area contributed by atoms with Gasteiger partial charge in [0.15, 0.2) is 6.61 Å². The number of anilines is 2. The van der Waals surface area contributed by atoms with Crippen molar-refractivity contribution in [2.75, 3.05) is 18.1 Å². The first-order valence-electron chi connectivity index (χ1n) is 6.58. The average Bonchev–Trinajstić information content (AvgIpc) is 2.49. The van der Waals surface area contributed by atoms with E-state index in [0.717, 1.165) is 11.4 Å². The number of ether oxygens (including phenoxy) is 2. The molecule has 20 heavy (non-hydrogen) atoms. The highest BCUT2D eigenvalue weighted by Crippen LogP contribution is 2.40. The average molecular weight is 269 g/mol. The van der Waals surface area contributed by atoms with Crippen LogP contribution in [-0.2, 0) is 4.79 Å². The highest BCUT2D eigenvalue weighted by molar-refractivity contribution is 6.05. The van der Waals surface area contributed by atoms with Gasteiger partial charge in [0, 0.05) is 0 Å². The maximum atomic E-state index is 12.3. The molecule has 1 aliphatic heterocycles. The van der Waals surface area contributed by atoms with Crippen LogP contribution in [0.4, 0.5) is 11.4 Å². The van der Waals surface area contributed by atoms with Crippen molar-refractivity contribution < 1.29 is 14.3 Å². The van der Waals surface area contributed by atoms with Gasteiger partial charge in [-0.2, -0.15) is 0 Å². The molecule has 4 heteroatoms. The highest BCUT2D eigenvalue weighted by atomic mass is 16.5. The molecule has 1 amide bonds. The van der Waals surface area contributed by atoms with Gasteiger partial charge < -0.3 is 9.47 Å². The number of carbonyl (C=O) groups is 1. The van der Waals surface area contributed by atoms with Crippen molar-refractivity contribution in [3.8, 4) is 11.5 Å². The predicted octanol–water partition coefficient (Wildman–Crippen LogP) is 3.14. The van der Waals surface area contributed by atoms with Crippen molar-refractivity contribution in [3.05, 3.63) is 48.5 Å². The molecule has 4 nitrogen and oxygen atoms in total. The van der Waals surface area contributed by atoms with Gasteiger partial charge in [-0.25, -0.2) is 0 Å². The summed E-state index contributed by atoms with van der Waals surface area (Å²) in [5.74, 6) is 1.30. The zero-order valence-electron chi connectivity index (χ0n) is 11.2. The first-order chi connectivity index (χ1) is 9.81. The summed E-state index contributed by atoms with van der Waals surface area (Å²) >= 11 is 0. The van der Waals surface area contributed by atoms with Crippen LogP contribution in [0.15, 0.2) is 48.5 Å². The van der Waals surface area contributed by atoms with Crippen molar-refractivity contribution in [1.29, 1.82) is 0 Å². The van der Waals surface area contributed by atoms with Gasteiger partial charge in [-0.1, -0.05) is 24.3 Å². The Balaban J connectivity index is 2.12. The third-order valence-corrected chi connectivity index (χ3v) is 3.11. The minimum Gasteiger partial charge on any atom is -0.492 e. The van der Waals surface area contributed by atoms with Gasteiger partial charge in [-0.05, 0) is 31.2 Å². The Hall–Kier alpha value is -2.49. The molecule has 0 radical (unpaired) electrons. The number of amides is 1. The van der Waals surface area contributed by atoms with Crippen LogP contribution < -0.4 is 14.4 Å². The monoisotopic (exact) mass is 269 g/mol. The number of hydrogen-bond acceptors (Lipinski definition) is 3. The number of benzene rings is 2. The molecule has 0 saturated carbocycles. The van der Waals surface area contributed by atoms with Crippen LogP contribution in [-0.4, -0.2) is 19.1 Å². The van der Waals surface area contributed by atoms with Gasteiger partial charge in [0.1, 0.15) is 11.5 Å². The molecule has 0 aliphatic carbocycles. The molecule has 0 atom stereocenters. The normalized spacial score (nSPS) is 13.7. The molecule has 2 aromatic rings. The molecule has 1 aliphatic rings. The quantitative estimate of drug-likeness (QED) is 0.859. The molecule has 0 unspecified atom stereocenters. The van der Waals surface area contributed by atoms with E-state index in [-0.39, 0.29) is 12.5 Å². The second kappa shape index (κ2) is 5.25. The van der Waals surface area contributed by atoms with E-state index in [0.29, 0.717) is 18.1 Å².